The van der Waals surface area contributed by atoms with Crippen LogP contribution in [0.15, 0.2) is 16.7 Å². The Kier molecular flexibility index (Phi) is 2.26. The lowest BCUT2D eigenvalue weighted by atomic mass is 10.1. The number of alkyl halides is 3. The van der Waals surface area contributed by atoms with E-state index in [1.807, 2.05) is 0 Å². The maximum Gasteiger partial charge on any atom is 0.416 e. The summed E-state index contributed by atoms with van der Waals surface area (Å²) in [5.41, 5.74) is -0.0951. The van der Waals surface area contributed by atoms with Gasteiger partial charge in [-0.15, -0.1) is 0 Å². The van der Waals surface area contributed by atoms with E-state index < -0.39 is 11.7 Å². The Morgan fingerprint density at radius 3 is 2.67 bits per heavy atom. The lowest BCUT2D eigenvalue weighted by Gasteiger charge is -2.11. The minimum atomic E-state index is -4.34. The maximum atomic E-state index is 12.6. The smallest absolute Gasteiger partial charge is 0.278 e. The fourth-order valence-corrected chi connectivity index (χ4v) is 1.98. The highest BCUT2D eigenvalue weighted by molar-refractivity contribution is 9.10. The highest BCUT2D eigenvalue weighted by Crippen LogP contribution is 2.38. The van der Waals surface area contributed by atoms with Gasteiger partial charge in [0.15, 0.2) is 0 Å². The Labute approximate surface area is 91.6 Å². The molecule has 0 fully saturated rings. The van der Waals surface area contributed by atoms with Gasteiger partial charge in [-0.25, -0.2) is 0 Å². The average Bonchev–Trinajstić information content (AvgIpc) is 2.57. The van der Waals surface area contributed by atoms with Crippen LogP contribution in [-0.4, -0.2) is 10.2 Å². The highest BCUT2D eigenvalue weighted by atomic mass is 79.9. The number of fused-ring (bicyclic) bond motifs is 1. The lowest BCUT2D eigenvalue weighted by Crippen LogP contribution is -2.07. The van der Waals surface area contributed by atoms with E-state index in [9.17, 15) is 13.2 Å². The molecule has 80 valence electrons. The zero-order chi connectivity index (χ0) is 11.2. The summed E-state index contributed by atoms with van der Waals surface area (Å²) >= 11 is 3.14. The summed E-state index contributed by atoms with van der Waals surface area (Å²) in [4.78, 5) is 0. The van der Waals surface area contributed by atoms with E-state index in [-0.39, 0.29) is 5.56 Å². The Morgan fingerprint density at radius 2 is 2.07 bits per heavy atom. The third-order valence-electron chi connectivity index (χ3n) is 2.23. The summed E-state index contributed by atoms with van der Waals surface area (Å²) in [6, 6.07) is 1.07. The van der Waals surface area contributed by atoms with Crippen LogP contribution in [0.25, 0.3) is 10.9 Å². The molecule has 0 unspecified atom stereocenters. The Bertz CT molecular complexity index is 516. The van der Waals surface area contributed by atoms with Crippen molar-refractivity contribution in [3.05, 3.63) is 27.9 Å². The number of H-pyrrole nitrogens is 1. The van der Waals surface area contributed by atoms with E-state index in [0.717, 1.165) is 6.07 Å². The summed E-state index contributed by atoms with van der Waals surface area (Å²) in [7, 11) is 0. The van der Waals surface area contributed by atoms with Crippen molar-refractivity contribution in [1.29, 1.82) is 0 Å². The van der Waals surface area contributed by atoms with Crippen LogP contribution in [0.2, 0.25) is 0 Å². The molecule has 1 aromatic heterocycles. The monoisotopic (exact) mass is 278 g/mol. The third kappa shape index (κ3) is 1.62. The molecule has 1 aromatic carbocycles. The zero-order valence-electron chi connectivity index (χ0n) is 7.61. The molecule has 2 nitrogen and oxygen atoms in total. The number of hydrogen-bond donors (Lipinski definition) is 1. The van der Waals surface area contributed by atoms with Gasteiger partial charge < -0.3 is 0 Å². The van der Waals surface area contributed by atoms with Gasteiger partial charge in [0.1, 0.15) is 0 Å². The average molecular weight is 279 g/mol. The maximum absolute atomic E-state index is 12.6. The molecule has 0 spiro atoms. The van der Waals surface area contributed by atoms with Gasteiger partial charge in [-0.1, -0.05) is 0 Å². The van der Waals surface area contributed by atoms with Gasteiger partial charge in [-0.3, -0.25) is 5.10 Å². The van der Waals surface area contributed by atoms with Gasteiger partial charge in [0.2, 0.25) is 0 Å². The first-order chi connectivity index (χ1) is 6.91. The summed E-state index contributed by atoms with van der Waals surface area (Å²) in [6.45, 7) is 1.43. The molecule has 0 aliphatic heterocycles. The first-order valence-corrected chi connectivity index (χ1v) is 4.90. The molecule has 0 radical (unpaired) electrons. The predicted molar refractivity (Wildman–Crippen MR) is 53.5 cm³/mol. The Morgan fingerprint density at radius 1 is 1.40 bits per heavy atom. The summed E-state index contributed by atoms with van der Waals surface area (Å²) in [5.74, 6) is 0. The predicted octanol–water partition coefficient (Wildman–Crippen LogP) is 3.65. The van der Waals surface area contributed by atoms with E-state index >= 15 is 0 Å². The van der Waals surface area contributed by atoms with Crippen LogP contribution in [0.3, 0.4) is 0 Å². The summed E-state index contributed by atoms with van der Waals surface area (Å²) in [6.07, 6.45) is -2.85. The standard InChI is InChI=1S/C9H6BrF3N2/c1-4-6(9(11,12)13)2-7-5(8(4)10)3-14-15-7/h2-3H,1H3,(H,14,15). The molecule has 1 N–H and O–H groups in total. The molecular formula is C9H6BrF3N2. The minimum Gasteiger partial charge on any atom is -0.278 e. The van der Waals surface area contributed by atoms with E-state index in [4.69, 9.17) is 0 Å². The molecule has 2 aromatic rings. The molecular weight excluding hydrogens is 273 g/mol. The molecule has 0 saturated heterocycles. The van der Waals surface area contributed by atoms with Crippen molar-refractivity contribution in [3.63, 3.8) is 0 Å². The van der Waals surface area contributed by atoms with E-state index in [0.29, 0.717) is 15.4 Å². The van der Waals surface area contributed by atoms with Crippen LogP contribution in [0.1, 0.15) is 11.1 Å². The normalized spacial score (nSPS) is 12.3. The molecule has 0 aliphatic rings. The fraction of sp³-hybridized carbons (Fsp3) is 0.222. The van der Waals surface area contributed by atoms with Gasteiger partial charge in [0.25, 0.3) is 0 Å². The van der Waals surface area contributed by atoms with Crippen LogP contribution in [0, 0.1) is 6.92 Å². The number of hydrogen-bond acceptors (Lipinski definition) is 1. The van der Waals surface area contributed by atoms with Crippen LogP contribution >= 0.6 is 15.9 Å². The van der Waals surface area contributed by atoms with Gasteiger partial charge in [0, 0.05) is 9.86 Å². The first-order valence-electron chi connectivity index (χ1n) is 4.10. The first kappa shape index (κ1) is 10.5. The number of aromatic amines is 1. The number of aromatic nitrogens is 2. The van der Waals surface area contributed by atoms with Crippen LogP contribution < -0.4 is 0 Å². The van der Waals surface area contributed by atoms with Gasteiger partial charge >= 0.3 is 6.18 Å². The van der Waals surface area contributed by atoms with Crippen molar-refractivity contribution in [2.24, 2.45) is 0 Å². The SMILES string of the molecule is Cc1c(C(F)(F)F)cc2[nH]ncc2c1Br. The molecule has 0 saturated carbocycles. The van der Waals surface area contributed by atoms with Crippen molar-refractivity contribution >= 4 is 26.8 Å². The number of nitrogens with zero attached hydrogens (tertiary/aromatic N) is 1. The summed E-state index contributed by atoms with van der Waals surface area (Å²) < 4.78 is 38.3. The van der Waals surface area contributed by atoms with Crippen LogP contribution in [0.5, 0.6) is 0 Å². The Hall–Kier alpha value is -1.04. The van der Waals surface area contributed by atoms with Crippen molar-refractivity contribution in [1.82, 2.24) is 10.2 Å². The fourth-order valence-electron chi connectivity index (χ4n) is 1.45. The molecule has 15 heavy (non-hydrogen) atoms. The zero-order valence-corrected chi connectivity index (χ0v) is 9.20. The second kappa shape index (κ2) is 3.23. The number of rotatable bonds is 0. The minimum absolute atomic E-state index is 0.177. The number of nitrogens with one attached hydrogen (secondary N) is 1. The van der Waals surface area contributed by atoms with Crippen molar-refractivity contribution in [2.45, 2.75) is 13.1 Å². The van der Waals surface area contributed by atoms with Gasteiger partial charge in [0.05, 0.1) is 17.3 Å². The third-order valence-corrected chi connectivity index (χ3v) is 3.25. The van der Waals surface area contributed by atoms with E-state index in [1.165, 1.54) is 13.1 Å². The molecule has 2 rings (SSSR count). The second-order valence-electron chi connectivity index (χ2n) is 3.19. The van der Waals surface area contributed by atoms with Crippen LogP contribution in [0.4, 0.5) is 13.2 Å². The second-order valence-corrected chi connectivity index (χ2v) is 3.99. The quantitative estimate of drug-likeness (QED) is 0.783. The topological polar surface area (TPSA) is 28.7 Å². The Balaban J connectivity index is 2.82. The molecule has 6 heteroatoms. The molecule has 0 aliphatic carbocycles. The van der Waals surface area contributed by atoms with Gasteiger partial charge in [-0.05, 0) is 34.5 Å². The van der Waals surface area contributed by atoms with Gasteiger partial charge in [-0.2, -0.15) is 18.3 Å². The molecule has 0 atom stereocenters. The van der Waals surface area contributed by atoms with E-state index in [1.54, 1.807) is 0 Å². The van der Waals surface area contributed by atoms with Crippen molar-refractivity contribution in [3.8, 4) is 0 Å². The molecule has 1 heterocycles. The molecule has 0 amide bonds. The summed E-state index contributed by atoms with van der Waals surface area (Å²) in [5, 5.41) is 6.88. The highest BCUT2D eigenvalue weighted by Gasteiger charge is 2.33. The van der Waals surface area contributed by atoms with Crippen molar-refractivity contribution < 1.29 is 13.2 Å². The van der Waals surface area contributed by atoms with E-state index in [2.05, 4.69) is 26.1 Å². The number of halogens is 4. The van der Waals surface area contributed by atoms with Crippen molar-refractivity contribution in [2.75, 3.05) is 0 Å². The largest absolute Gasteiger partial charge is 0.416 e. The molecule has 0 bridgehead atoms. The lowest BCUT2D eigenvalue weighted by molar-refractivity contribution is -0.138. The number of benzene rings is 1. The van der Waals surface area contributed by atoms with Crippen LogP contribution in [-0.2, 0) is 6.18 Å².